The van der Waals surface area contributed by atoms with Gasteiger partial charge in [0.15, 0.2) is 0 Å². The van der Waals surface area contributed by atoms with E-state index in [1.807, 2.05) is 57.4 Å². The molecular formula is C34H58N8O6S. The Morgan fingerprint density at radius 3 is 2.00 bits per heavy atom. The molecule has 0 saturated heterocycles. The molecule has 15 heteroatoms. The minimum absolute atomic E-state index is 0.0266. The molecule has 0 fully saturated rings. The van der Waals surface area contributed by atoms with Crippen molar-refractivity contribution in [3.8, 4) is 0 Å². The molecule has 0 radical (unpaired) electrons. The number of primary amides is 1. The number of amides is 6. The predicted octanol–water partition coefficient (Wildman–Crippen LogP) is 0.0714. The highest BCUT2D eigenvalue weighted by molar-refractivity contribution is 7.98. The lowest BCUT2D eigenvalue weighted by Gasteiger charge is -2.27. The zero-order chi connectivity index (χ0) is 36.9. The number of thioether (sulfide) groups is 1. The van der Waals surface area contributed by atoms with E-state index in [1.165, 1.54) is 11.8 Å². The van der Waals surface area contributed by atoms with Gasteiger partial charge in [-0.3, -0.25) is 28.8 Å². The largest absolute Gasteiger partial charge is 0.368 e. The second-order valence-electron chi connectivity index (χ2n) is 12.7. The van der Waals surface area contributed by atoms with Crippen LogP contribution in [0.15, 0.2) is 30.3 Å². The second kappa shape index (κ2) is 23.6. The van der Waals surface area contributed by atoms with Crippen molar-refractivity contribution in [3.05, 3.63) is 35.9 Å². The summed E-state index contributed by atoms with van der Waals surface area (Å²) >= 11 is 1.51. The SMILES string of the molecule is CCC(C)C(NC(=O)C(Cc1ccccc1)NC(=O)C(N)CCCCN)C(=O)NCC(=O)NC(CC(C)C)C(=O)NC(CCSC)C(N)=O. The van der Waals surface area contributed by atoms with E-state index >= 15 is 0 Å². The molecule has 0 heterocycles. The summed E-state index contributed by atoms with van der Waals surface area (Å²) in [7, 11) is 0. The number of benzene rings is 1. The van der Waals surface area contributed by atoms with Crippen molar-refractivity contribution >= 4 is 47.2 Å². The zero-order valence-corrected chi connectivity index (χ0v) is 30.4. The van der Waals surface area contributed by atoms with Gasteiger partial charge in [-0.15, -0.1) is 0 Å². The fourth-order valence-corrected chi connectivity index (χ4v) is 5.42. The molecule has 6 atom stereocenters. The Bertz CT molecular complexity index is 1200. The molecule has 1 rings (SSSR count). The molecule has 0 bridgehead atoms. The first-order valence-electron chi connectivity index (χ1n) is 17.0. The van der Waals surface area contributed by atoms with Gasteiger partial charge in [0.1, 0.15) is 24.2 Å². The van der Waals surface area contributed by atoms with Crippen LogP contribution in [0.5, 0.6) is 0 Å². The summed E-state index contributed by atoms with van der Waals surface area (Å²) in [6, 6.07) is 4.42. The van der Waals surface area contributed by atoms with Gasteiger partial charge in [0.2, 0.25) is 35.4 Å². The Hall–Kier alpha value is -3.69. The standard InChI is InChI=1S/C34H58N8O6S/c1-6-22(4)29(42-33(47)27(19-23-12-8-7-9-13-23)41-31(45)24(36)14-10-11-16-35)34(48)38-20-28(43)39-26(18-21(2)3)32(46)40-25(30(37)44)15-17-49-5/h7-9,12-13,21-22,24-27,29H,6,10-11,14-20,35-36H2,1-5H3,(H2,37,44)(H,38,48)(H,39,43)(H,40,46)(H,41,45)(H,42,47). The fourth-order valence-electron chi connectivity index (χ4n) is 4.95. The van der Waals surface area contributed by atoms with Crippen LogP contribution < -0.4 is 43.8 Å². The quantitative estimate of drug-likeness (QED) is 0.0678. The van der Waals surface area contributed by atoms with Crippen LogP contribution in [0, 0.1) is 11.8 Å². The maximum atomic E-state index is 13.6. The summed E-state index contributed by atoms with van der Waals surface area (Å²) in [5, 5.41) is 13.4. The van der Waals surface area contributed by atoms with Crippen molar-refractivity contribution in [1.29, 1.82) is 0 Å². The van der Waals surface area contributed by atoms with Gasteiger partial charge in [-0.2, -0.15) is 11.8 Å². The Balaban J connectivity index is 3.02. The highest BCUT2D eigenvalue weighted by Crippen LogP contribution is 2.11. The van der Waals surface area contributed by atoms with Crippen LogP contribution in [-0.4, -0.2) is 90.8 Å². The number of carbonyl (C=O) groups is 6. The molecule has 276 valence electrons. The number of unbranched alkanes of at least 4 members (excludes halogenated alkanes) is 1. The van der Waals surface area contributed by atoms with E-state index in [9.17, 15) is 28.8 Å². The molecule has 0 saturated carbocycles. The van der Waals surface area contributed by atoms with Crippen molar-refractivity contribution in [2.45, 2.75) is 103 Å². The molecule has 49 heavy (non-hydrogen) atoms. The first-order chi connectivity index (χ1) is 23.2. The lowest BCUT2D eigenvalue weighted by Crippen LogP contribution is -2.58. The average Bonchev–Trinajstić information content (AvgIpc) is 3.06. The zero-order valence-electron chi connectivity index (χ0n) is 29.6. The number of hydrogen-bond acceptors (Lipinski definition) is 9. The predicted molar refractivity (Wildman–Crippen MR) is 193 cm³/mol. The number of nitrogens with one attached hydrogen (secondary N) is 5. The molecule has 0 aromatic heterocycles. The van der Waals surface area contributed by atoms with Crippen molar-refractivity contribution in [2.75, 3.05) is 25.1 Å². The van der Waals surface area contributed by atoms with E-state index in [4.69, 9.17) is 17.2 Å². The number of rotatable bonds is 24. The van der Waals surface area contributed by atoms with Gasteiger partial charge in [0.05, 0.1) is 12.6 Å². The van der Waals surface area contributed by atoms with E-state index < -0.39 is 72.2 Å². The Labute approximate surface area is 295 Å². The summed E-state index contributed by atoms with van der Waals surface area (Å²) in [4.78, 5) is 77.9. The van der Waals surface area contributed by atoms with Crippen LogP contribution in [0.3, 0.4) is 0 Å². The summed E-state index contributed by atoms with van der Waals surface area (Å²) in [6.07, 6.45) is 5.00. The van der Waals surface area contributed by atoms with Crippen molar-refractivity contribution in [3.63, 3.8) is 0 Å². The lowest BCUT2D eigenvalue weighted by molar-refractivity contribution is -0.134. The molecule has 14 nitrogen and oxygen atoms in total. The van der Waals surface area contributed by atoms with E-state index in [-0.39, 0.29) is 24.7 Å². The highest BCUT2D eigenvalue weighted by Gasteiger charge is 2.32. The normalized spacial score (nSPS) is 14.8. The van der Waals surface area contributed by atoms with Gasteiger partial charge in [-0.05, 0) is 61.6 Å². The molecule has 11 N–H and O–H groups in total. The van der Waals surface area contributed by atoms with E-state index in [0.29, 0.717) is 38.0 Å². The number of nitrogens with two attached hydrogens (primary N) is 3. The topological polar surface area (TPSA) is 241 Å². The van der Waals surface area contributed by atoms with Gasteiger partial charge in [0.25, 0.3) is 0 Å². The first kappa shape index (κ1) is 43.3. The Morgan fingerprint density at radius 2 is 1.43 bits per heavy atom. The molecule has 0 aliphatic carbocycles. The molecule has 6 unspecified atom stereocenters. The van der Waals surface area contributed by atoms with E-state index in [1.54, 1.807) is 6.92 Å². The summed E-state index contributed by atoms with van der Waals surface area (Å²) in [6.45, 7) is 7.44. The third-order valence-corrected chi connectivity index (χ3v) is 8.71. The maximum absolute atomic E-state index is 13.6. The van der Waals surface area contributed by atoms with Crippen LogP contribution in [-0.2, 0) is 35.2 Å². The summed E-state index contributed by atoms with van der Waals surface area (Å²) in [5.41, 5.74) is 17.9. The number of carbonyl (C=O) groups excluding carboxylic acids is 6. The van der Waals surface area contributed by atoms with Crippen molar-refractivity contribution < 1.29 is 28.8 Å². The fraction of sp³-hybridized carbons (Fsp3) is 0.647. The van der Waals surface area contributed by atoms with Gasteiger partial charge < -0.3 is 43.8 Å². The van der Waals surface area contributed by atoms with Gasteiger partial charge in [-0.25, -0.2) is 0 Å². The molecule has 0 aliphatic heterocycles. The van der Waals surface area contributed by atoms with Crippen LogP contribution in [0.1, 0.15) is 71.8 Å². The van der Waals surface area contributed by atoms with E-state index in [2.05, 4.69) is 26.6 Å². The van der Waals surface area contributed by atoms with Gasteiger partial charge >= 0.3 is 0 Å². The first-order valence-corrected chi connectivity index (χ1v) is 18.4. The van der Waals surface area contributed by atoms with Crippen LogP contribution in [0.4, 0.5) is 0 Å². The smallest absolute Gasteiger partial charge is 0.243 e. The monoisotopic (exact) mass is 706 g/mol. The lowest BCUT2D eigenvalue weighted by atomic mass is 9.97. The maximum Gasteiger partial charge on any atom is 0.243 e. The molecule has 1 aromatic rings. The van der Waals surface area contributed by atoms with Crippen molar-refractivity contribution in [2.24, 2.45) is 29.0 Å². The molecule has 0 aliphatic rings. The third-order valence-electron chi connectivity index (χ3n) is 8.07. The Morgan fingerprint density at radius 1 is 0.796 bits per heavy atom. The minimum Gasteiger partial charge on any atom is -0.368 e. The summed E-state index contributed by atoms with van der Waals surface area (Å²) < 4.78 is 0. The van der Waals surface area contributed by atoms with Crippen LogP contribution in [0.2, 0.25) is 0 Å². The van der Waals surface area contributed by atoms with Crippen LogP contribution in [0.25, 0.3) is 0 Å². The molecule has 6 amide bonds. The third kappa shape index (κ3) is 17.0. The minimum atomic E-state index is -1.03. The second-order valence-corrected chi connectivity index (χ2v) is 13.7. The van der Waals surface area contributed by atoms with Crippen LogP contribution >= 0.6 is 11.8 Å². The van der Waals surface area contributed by atoms with Gasteiger partial charge in [0, 0.05) is 6.42 Å². The molecular weight excluding hydrogens is 648 g/mol. The Kier molecular flexibility index (Phi) is 20.9. The van der Waals surface area contributed by atoms with Crippen molar-refractivity contribution in [1.82, 2.24) is 26.6 Å². The molecule has 1 aromatic carbocycles. The van der Waals surface area contributed by atoms with E-state index in [0.717, 1.165) is 12.0 Å². The summed E-state index contributed by atoms with van der Waals surface area (Å²) in [5.74, 6) is -3.19. The highest BCUT2D eigenvalue weighted by atomic mass is 32.2. The molecule has 0 spiro atoms. The number of hydrogen-bond donors (Lipinski definition) is 8. The average molecular weight is 707 g/mol. The van der Waals surface area contributed by atoms with Gasteiger partial charge in [-0.1, -0.05) is 70.9 Å².